The van der Waals surface area contributed by atoms with Crippen LogP contribution in [-0.4, -0.2) is 23.2 Å². The van der Waals surface area contributed by atoms with Gasteiger partial charge in [-0.3, -0.25) is 4.79 Å². The smallest absolute Gasteiger partial charge is 0.323 e. The molecule has 4 heteroatoms. The van der Waals surface area contributed by atoms with Gasteiger partial charge in [0.05, 0.1) is 6.61 Å². The Morgan fingerprint density at radius 2 is 2.16 bits per heavy atom. The minimum absolute atomic E-state index is 0.386. The molecule has 0 atom stereocenters. The molecule has 0 amide bonds. The number of rotatable bonds is 4. The van der Waals surface area contributed by atoms with Gasteiger partial charge >= 0.3 is 5.97 Å². The van der Waals surface area contributed by atoms with Gasteiger partial charge in [0.15, 0.2) is 0 Å². The number of aliphatic carboxylic acids is 1. The Balaban J connectivity index is 2.05. The lowest BCUT2D eigenvalue weighted by atomic mass is 9.75. The maximum Gasteiger partial charge on any atom is 0.323 e. The first-order valence-corrected chi connectivity index (χ1v) is 6.80. The van der Waals surface area contributed by atoms with Crippen molar-refractivity contribution in [1.82, 2.24) is 0 Å². The molecule has 0 aliphatic heterocycles. The Kier molecular flexibility index (Phi) is 4.10. The van der Waals surface area contributed by atoms with Gasteiger partial charge in [-0.1, -0.05) is 12.1 Å². The summed E-state index contributed by atoms with van der Waals surface area (Å²) in [4.78, 5) is 11.1. The van der Waals surface area contributed by atoms with Gasteiger partial charge in [-0.2, -0.15) is 0 Å². The second-order valence-electron chi connectivity index (χ2n) is 5.24. The average molecular weight is 263 g/mol. The van der Waals surface area contributed by atoms with Gasteiger partial charge in [0.2, 0.25) is 0 Å². The highest BCUT2D eigenvalue weighted by atomic mass is 16.5. The molecule has 0 radical (unpaired) electrons. The first-order valence-electron chi connectivity index (χ1n) is 6.80. The molecule has 1 aliphatic carbocycles. The van der Waals surface area contributed by atoms with Crippen molar-refractivity contribution in [2.24, 2.45) is 5.73 Å². The zero-order valence-corrected chi connectivity index (χ0v) is 11.3. The third-order valence-corrected chi connectivity index (χ3v) is 3.94. The number of ether oxygens (including phenoxy) is 1. The molecule has 1 aliphatic rings. The van der Waals surface area contributed by atoms with E-state index in [0.29, 0.717) is 25.4 Å². The summed E-state index contributed by atoms with van der Waals surface area (Å²) < 4.78 is 5.50. The van der Waals surface area contributed by atoms with E-state index in [-0.39, 0.29) is 0 Å². The van der Waals surface area contributed by atoms with E-state index in [1.165, 1.54) is 5.56 Å². The number of carboxylic acid groups (broad SMARTS) is 1. The maximum absolute atomic E-state index is 11.1. The van der Waals surface area contributed by atoms with Crippen molar-refractivity contribution in [3.63, 3.8) is 0 Å². The second-order valence-corrected chi connectivity index (χ2v) is 5.24. The first-order chi connectivity index (χ1) is 9.05. The van der Waals surface area contributed by atoms with Crippen LogP contribution < -0.4 is 10.5 Å². The van der Waals surface area contributed by atoms with Gasteiger partial charge in [0.1, 0.15) is 11.3 Å². The third kappa shape index (κ3) is 3.07. The monoisotopic (exact) mass is 263 g/mol. The van der Waals surface area contributed by atoms with Gasteiger partial charge in [0, 0.05) is 0 Å². The lowest BCUT2D eigenvalue weighted by Crippen LogP contribution is -2.50. The Morgan fingerprint density at radius 1 is 1.47 bits per heavy atom. The van der Waals surface area contributed by atoms with Crippen LogP contribution in [0.5, 0.6) is 5.75 Å². The molecular formula is C15H21NO3. The molecule has 4 nitrogen and oxygen atoms in total. The molecule has 3 N–H and O–H groups in total. The van der Waals surface area contributed by atoms with E-state index in [1.807, 2.05) is 19.1 Å². The molecule has 0 bridgehead atoms. The van der Waals surface area contributed by atoms with E-state index in [9.17, 15) is 4.79 Å². The number of hydrogen-bond acceptors (Lipinski definition) is 3. The Labute approximate surface area is 113 Å². The van der Waals surface area contributed by atoms with E-state index in [4.69, 9.17) is 15.6 Å². The van der Waals surface area contributed by atoms with Gasteiger partial charge in [-0.15, -0.1) is 0 Å². The molecule has 0 saturated heterocycles. The maximum atomic E-state index is 11.1. The predicted octanol–water partition coefficient (Wildman–Crippen LogP) is 2.53. The average Bonchev–Trinajstić information content (AvgIpc) is 2.40. The van der Waals surface area contributed by atoms with E-state index < -0.39 is 11.5 Å². The summed E-state index contributed by atoms with van der Waals surface area (Å²) in [6, 6.07) is 8.07. The topological polar surface area (TPSA) is 72.5 Å². The van der Waals surface area contributed by atoms with Crippen LogP contribution in [0.25, 0.3) is 0 Å². The molecule has 0 spiro atoms. The Morgan fingerprint density at radius 3 is 2.74 bits per heavy atom. The summed E-state index contributed by atoms with van der Waals surface area (Å²) in [5.41, 5.74) is 6.08. The molecule has 2 rings (SSSR count). The quantitative estimate of drug-likeness (QED) is 0.875. The van der Waals surface area contributed by atoms with Crippen molar-refractivity contribution in [2.45, 2.75) is 44.1 Å². The van der Waals surface area contributed by atoms with E-state index in [1.54, 1.807) is 0 Å². The molecule has 1 aromatic rings. The van der Waals surface area contributed by atoms with Crippen molar-refractivity contribution < 1.29 is 14.6 Å². The van der Waals surface area contributed by atoms with Gasteiger partial charge in [0.25, 0.3) is 0 Å². The lowest BCUT2D eigenvalue weighted by molar-refractivity contribution is -0.144. The molecular weight excluding hydrogens is 242 g/mol. The molecule has 0 aromatic heterocycles. The number of carbonyl (C=O) groups is 1. The molecule has 0 unspecified atom stereocenters. The van der Waals surface area contributed by atoms with Crippen molar-refractivity contribution in [3.8, 4) is 5.75 Å². The fourth-order valence-electron chi connectivity index (χ4n) is 2.71. The minimum Gasteiger partial charge on any atom is -0.494 e. The summed E-state index contributed by atoms with van der Waals surface area (Å²) in [7, 11) is 0. The summed E-state index contributed by atoms with van der Waals surface area (Å²) in [5.74, 6) is 0.383. The van der Waals surface area contributed by atoms with Crippen LogP contribution in [0.4, 0.5) is 0 Å². The molecule has 1 fully saturated rings. The summed E-state index contributed by atoms with van der Waals surface area (Å²) in [6.07, 6.45) is 2.70. The molecule has 1 aromatic carbocycles. The largest absolute Gasteiger partial charge is 0.494 e. The van der Waals surface area contributed by atoms with Crippen molar-refractivity contribution in [2.75, 3.05) is 6.61 Å². The fraction of sp³-hybridized carbons (Fsp3) is 0.533. The van der Waals surface area contributed by atoms with Crippen LogP contribution in [0.2, 0.25) is 0 Å². The van der Waals surface area contributed by atoms with Crippen LogP contribution in [0, 0.1) is 0 Å². The summed E-state index contributed by atoms with van der Waals surface area (Å²) in [5, 5.41) is 9.12. The Bertz CT molecular complexity index is 450. The normalized spacial score (nSPS) is 26.9. The minimum atomic E-state index is -1.03. The number of nitrogens with two attached hydrogens (primary N) is 1. The predicted molar refractivity (Wildman–Crippen MR) is 73.4 cm³/mol. The van der Waals surface area contributed by atoms with Crippen LogP contribution in [0.1, 0.15) is 44.1 Å². The van der Waals surface area contributed by atoms with Crippen LogP contribution in [0.3, 0.4) is 0 Å². The Hall–Kier alpha value is -1.55. The van der Waals surface area contributed by atoms with Crippen LogP contribution in [0.15, 0.2) is 24.3 Å². The molecule has 1 saturated carbocycles. The van der Waals surface area contributed by atoms with E-state index >= 15 is 0 Å². The van der Waals surface area contributed by atoms with Crippen molar-refractivity contribution in [1.29, 1.82) is 0 Å². The van der Waals surface area contributed by atoms with Crippen molar-refractivity contribution >= 4 is 5.97 Å². The van der Waals surface area contributed by atoms with E-state index in [0.717, 1.165) is 18.6 Å². The fourth-order valence-corrected chi connectivity index (χ4v) is 2.71. The van der Waals surface area contributed by atoms with E-state index in [2.05, 4.69) is 12.1 Å². The SMILES string of the molecule is CCOc1cccc(C2CCC(N)(C(=O)O)CC2)c1. The number of hydrogen-bond donors (Lipinski definition) is 2. The highest BCUT2D eigenvalue weighted by Gasteiger charge is 2.38. The van der Waals surface area contributed by atoms with Crippen molar-refractivity contribution in [3.05, 3.63) is 29.8 Å². The summed E-state index contributed by atoms with van der Waals surface area (Å²) in [6.45, 7) is 2.61. The summed E-state index contributed by atoms with van der Waals surface area (Å²) >= 11 is 0. The first kappa shape index (κ1) is 13.9. The molecule has 104 valence electrons. The highest BCUT2D eigenvalue weighted by molar-refractivity contribution is 5.78. The molecule has 19 heavy (non-hydrogen) atoms. The lowest BCUT2D eigenvalue weighted by Gasteiger charge is -2.33. The number of carboxylic acids is 1. The van der Waals surface area contributed by atoms with Crippen LogP contribution in [-0.2, 0) is 4.79 Å². The van der Waals surface area contributed by atoms with Gasteiger partial charge in [-0.25, -0.2) is 0 Å². The standard InChI is InChI=1S/C15H21NO3/c1-2-19-13-5-3-4-12(10-13)11-6-8-15(16,9-7-11)14(17)18/h3-5,10-11H,2,6-9,16H2,1H3,(H,17,18). The zero-order chi connectivity index (χ0) is 13.9. The van der Waals surface area contributed by atoms with Gasteiger partial charge in [-0.05, 0) is 56.2 Å². The molecule has 0 heterocycles. The zero-order valence-electron chi connectivity index (χ0n) is 11.3. The third-order valence-electron chi connectivity index (χ3n) is 3.94. The van der Waals surface area contributed by atoms with Gasteiger partial charge < -0.3 is 15.6 Å². The number of benzene rings is 1. The highest BCUT2D eigenvalue weighted by Crippen LogP contribution is 2.37. The van der Waals surface area contributed by atoms with Crippen LogP contribution >= 0.6 is 0 Å². The second kappa shape index (κ2) is 5.61.